The van der Waals surface area contributed by atoms with Crippen molar-refractivity contribution in [3.63, 3.8) is 0 Å². The summed E-state index contributed by atoms with van der Waals surface area (Å²) < 4.78 is 0. The van der Waals surface area contributed by atoms with Crippen LogP contribution in [0.3, 0.4) is 0 Å². The molecule has 4 unspecified atom stereocenters. The van der Waals surface area contributed by atoms with Crippen LogP contribution in [0.5, 0.6) is 0 Å². The molecule has 2 aromatic carbocycles. The lowest BCUT2D eigenvalue weighted by molar-refractivity contribution is -0.383. The Morgan fingerprint density at radius 3 is 2.66 bits per heavy atom. The predicted octanol–water partition coefficient (Wildman–Crippen LogP) is 1.38. The summed E-state index contributed by atoms with van der Waals surface area (Å²) in [4.78, 5) is 48.7. The molecule has 2 fully saturated rings. The fourth-order valence-corrected chi connectivity index (χ4v) is 4.05. The highest BCUT2D eigenvalue weighted by molar-refractivity contribution is 6.30. The van der Waals surface area contributed by atoms with E-state index in [-0.39, 0.29) is 17.8 Å². The number of benzene rings is 2. The van der Waals surface area contributed by atoms with Crippen LogP contribution in [0.2, 0.25) is 5.02 Å². The Morgan fingerprint density at radius 1 is 1.12 bits per heavy atom. The number of carbonyl (C=O) groups excluding carboxylic acids is 3. The number of nitrogens with zero attached hydrogens (tertiary/aromatic N) is 1. The van der Waals surface area contributed by atoms with E-state index in [0.717, 1.165) is 0 Å². The van der Waals surface area contributed by atoms with Gasteiger partial charge in [0, 0.05) is 23.2 Å². The van der Waals surface area contributed by atoms with Crippen molar-refractivity contribution in [3.8, 4) is 0 Å². The van der Waals surface area contributed by atoms with Gasteiger partial charge in [0.1, 0.15) is 5.69 Å². The summed E-state index contributed by atoms with van der Waals surface area (Å²) in [5, 5.41) is 25.7. The molecule has 12 heteroatoms. The first-order valence-corrected chi connectivity index (χ1v) is 10.1. The quantitative estimate of drug-likeness (QED) is 0.335. The average molecular weight is 459 g/mol. The number of fused-ring (bicyclic) bond motifs is 1. The van der Waals surface area contributed by atoms with Gasteiger partial charge in [0.15, 0.2) is 6.29 Å². The third-order valence-electron chi connectivity index (χ3n) is 5.28. The molecule has 0 spiro atoms. The molecule has 0 bridgehead atoms. The molecule has 0 aromatic heterocycles. The number of anilines is 2. The van der Waals surface area contributed by atoms with Gasteiger partial charge in [0.25, 0.3) is 5.69 Å². The van der Waals surface area contributed by atoms with Gasteiger partial charge in [-0.1, -0.05) is 29.8 Å². The third kappa shape index (κ3) is 4.48. The minimum absolute atomic E-state index is 0.00490. The number of amides is 3. The summed E-state index contributed by atoms with van der Waals surface area (Å²) in [6.07, 6.45) is -1.77. The second-order valence-electron chi connectivity index (χ2n) is 7.41. The smallest absolute Gasteiger partial charge is 0.292 e. The van der Waals surface area contributed by atoms with E-state index in [0.29, 0.717) is 10.7 Å². The predicted molar refractivity (Wildman–Crippen MR) is 115 cm³/mol. The zero-order chi connectivity index (χ0) is 22.8. The molecule has 3 amide bonds. The summed E-state index contributed by atoms with van der Waals surface area (Å²) in [6.45, 7) is 0. The van der Waals surface area contributed by atoms with Gasteiger partial charge in [0.2, 0.25) is 17.7 Å². The van der Waals surface area contributed by atoms with Gasteiger partial charge >= 0.3 is 0 Å². The van der Waals surface area contributed by atoms with Crippen LogP contribution in [-0.4, -0.2) is 35.1 Å². The summed E-state index contributed by atoms with van der Waals surface area (Å²) in [6, 6.07) is 12.5. The molecule has 32 heavy (non-hydrogen) atoms. The lowest BCUT2D eigenvalue weighted by Crippen LogP contribution is -2.72. The maximum atomic E-state index is 12.9. The average Bonchev–Trinajstić information content (AvgIpc) is 2.73. The number of piperidine rings is 1. The van der Waals surface area contributed by atoms with E-state index in [2.05, 4.69) is 26.6 Å². The Labute approximate surface area is 187 Å². The first kappa shape index (κ1) is 21.5. The van der Waals surface area contributed by atoms with Gasteiger partial charge in [0.05, 0.1) is 22.9 Å². The minimum Gasteiger partial charge on any atom is -0.353 e. The molecule has 4 rings (SSSR count). The van der Waals surface area contributed by atoms with Crippen LogP contribution in [0.25, 0.3) is 0 Å². The molecule has 0 saturated carbocycles. The van der Waals surface area contributed by atoms with E-state index >= 15 is 0 Å². The molecule has 4 atom stereocenters. The van der Waals surface area contributed by atoms with Crippen LogP contribution < -0.4 is 26.6 Å². The number of para-hydroxylation sites is 2. The number of nitro benzene ring substituents is 1. The molecule has 166 valence electrons. The number of halogens is 1. The lowest BCUT2D eigenvalue weighted by Gasteiger charge is -2.43. The number of rotatable bonds is 5. The minimum atomic E-state index is -1.02. The zero-order valence-electron chi connectivity index (χ0n) is 16.5. The third-order valence-corrected chi connectivity index (χ3v) is 5.52. The number of hydrogen-bond donors (Lipinski definition) is 5. The molecule has 2 saturated heterocycles. The topological polar surface area (TPSA) is 154 Å². The fourth-order valence-electron chi connectivity index (χ4n) is 3.86. The van der Waals surface area contributed by atoms with E-state index in [1.807, 2.05) is 0 Å². The Balaban J connectivity index is 1.51. The molecule has 11 nitrogen and oxygen atoms in total. The van der Waals surface area contributed by atoms with E-state index in [9.17, 15) is 24.5 Å². The number of nitro groups is 1. The molecule has 2 aliphatic heterocycles. The Hall–Kier alpha value is -3.70. The van der Waals surface area contributed by atoms with Gasteiger partial charge in [-0.3, -0.25) is 29.8 Å². The van der Waals surface area contributed by atoms with Crippen molar-refractivity contribution in [3.05, 3.63) is 63.7 Å². The molecule has 2 aromatic rings. The highest BCUT2D eigenvalue weighted by atomic mass is 35.5. The lowest BCUT2D eigenvalue weighted by atomic mass is 9.81. The zero-order valence-corrected chi connectivity index (χ0v) is 17.3. The fraction of sp³-hybridized carbons (Fsp3) is 0.250. The summed E-state index contributed by atoms with van der Waals surface area (Å²) in [5.74, 6) is -3.45. The largest absolute Gasteiger partial charge is 0.353 e. The second-order valence-corrected chi connectivity index (χ2v) is 7.84. The standard InChI is InChI=1S/C20H19ClN6O5/c21-10-4-3-5-11(8-10)22-20-25-17-16(19(30)26-20)12(9-15(28)24-17)18(29)23-13-6-1-2-7-14(13)27(31)32/h1-8,12,16-17,20,22,25H,9H2,(H,23,29)(H,24,28)(H,26,30). The van der Waals surface area contributed by atoms with Crippen molar-refractivity contribution in [1.82, 2.24) is 16.0 Å². The van der Waals surface area contributed by atoms with Gasteiger partial charge in [-0.15, -0.1) is 0 Å². The molecule has 0 radical (unpaired) electrons. The van der Waals surface area contributed by atoms with Crippen molar-refractivity contribution in [2.24, 2.45) is 11.8 Å². The van der Waals surface area contributed by atoms with Gasteiger partial charge in [-0.05, 0) is 24.3 Å². The highest BCUT2D eigenvalue weighted by Crippen LogP contribution is 2.30. The highest BCUT2D eigenvalue weighted by Gasteiger charge is 2.48. The Morgan fingerprint density at radius 2 is 1.91 bits per heavy atom. The van der Waals surface area contributed by atoms with Crippen molar-refractivity contribution in [1.29, 1.82) is 0 Å². The first-order valence-electron chi connectivity index (χ1n) is 9.74. The monoisotopic (exact) mass is 458 g/mol. The Kier molecular flexibility index (Phi) is 5.93. The maximum absolute atomic E-state index is 12.9. The van der Waals surface area contributed by atoms with Crippen LogP contribution in [0.1, 0.15) is 6.42 Å². The molecule has 5 N–H and O–H groups in total. The summed E-state index contributed by atoms with van der Waals surface area (Å²) >= 11 is 5.98. The van der Waals surface area contributed by atoms with Crippen LogP contribution >= 0.6 is 11.6 Å². The van der Waals surface area contributed by atoms with Crippen LogP contribution in [0, 0.1) is 22.0 Å². The number of nitrogens with one attached hydrogen (secondary N) is 5. The normalized spacial score (nSPS) is 24.5. The van der Waals surface area contributed by atoms with Crippen molar-refractivity contribution in [2.45, 2.75) is 18.9 Å². The summed E-state index contributed by atoms with van der Waals surface area (Å²) in [5.41, 5.74) is 0.353. The van der Waals surface area contributed by atoms with Crippen molar-refractivity contribution in [2.75, 3.05) is 10.6 Å². The van der Waals surface area contributed by atoms with Crippen LogP contribution in [0.4, 0.5) is 17.1 Å². The van der Waals surface area contributed by atoms with Crippen LogP contribution in [0.15, 0.2) is 48.5 Å². The maximum Gasteiger partial charge on any atom is 0.292 e. The number of hydrogen-bond acceptors (Lipinski definition) is 7. The van der Waals surface area contributed by atoms with E-state index in [1.54, 1.807) is 30.3 Å². The second kappa shape index (κ2) is 8.81. The Bertz CT molecular complexity index is 1100. The first-order chi connectivity index (χ1) is 15.3. The van der Waals surface area contributed by atoms with E-state index in [1.165, 1.54) is 18.2 Å². The van der Waals surface area contributed by atoms with Gasteiger partial charge < -0.3 is 21.3 Å². The van der Waals surface area contributed by atoms with E-state index < -0.39 is 46.9 Å². The van der Waals surface area contributed by atoms with Crippen LogP contribution in [-0.2, 0) is 14.4 Å². The number of carbonyl (C=O) groups is 3. The summed E-state index contributed by atoms with van der Waals surface area (Å²) in [7, 11) is 0. The van der Waals surface area contributed by atoms with Gasteiger partial charge in [-0.25, -0.2) is 0 Å². The van der Waals surface area contributed by atoms with Crippen molar-refractivity contribution < 1.29 is 19.3 Å². The van der Waals surface area contributed by atoms with Gasteiger partial charge in [-0.2, -0.15) is 0 Å². The molecule has 0 aliphatic carbocycles. The molecule has 2 heterocycles. The molecular weight excluding hydrogens is 440 g/mol. The molecule has 2 aliphatic rings. The van der Waals surface area contributed by atoms with E-state index in [4.69, 9.17) is 11.6 Å². The van der Waals surface area contributed by atoms with Crippen molar-refractivity contribution >= 4 is 46.4 Å². The molecular formula is C20H19ClN6O5. The SMILES string of the molecule is O=C1CC(C(=O)Nc2ccccc2[N+](=O)[O-])C2C(=O)NC(Nc3cccc(Cl)c3)NC2N1.